The number of likely N-dealkylation sites (tertiary alicyclic amines) is 1. The summed E-state index contributed by atoms with van der Waals surface area (Å²) in [5.41, 5.74) is 1.92. The monoisotopic (exact) mass is 329 g/mol. The predicted octanol–water partition coefficient (Wildman–Crippen LogP) is 2.59. The molecule has 2 N–H and O–H groups in total. The van der Waals surface area contributed by atoms with Gasteiger partial charge in [0, 0.05) is 31.7 Å². The van der Waals surface area contributed by atoms with Crippen LogP contribution < -0.4 is 10.6 Å². The Kier molecular flexibility index (Phi) is 6.85. The molecule has 0 spiro atoms. The normalized spacial score (nSPS) is 15.0. The van der Waals surface area contributed by atoms with Crippen molar-refractivity contribution in [3.8, 4) is 0 Å². The van der Waals surface area contributed by atoms with E-state index in [1.165, 1.54) is 5.56 Å². The van der Waals surface area contributed by atoms with E-state index in [1.54, 1.807) is 6.08 Å². The van der Waals surface area contributed by atoms with Crippen LogP contribution in [-0.2, 0) is 6.42 Å². The SMILES string of the molecule is C=CCNC(=O)c1ccc(CC2CCN(C(=O)NCC)CC2)cc1. The third-order valence-corrected chi connectivity index (χ3v) is 4.38. The Morgan fingerprint density at radius 3 is 2.46 bits per heavy atom. The summed E-state index contributed by atoms with van der Waals surface area (Å²) < 4.78 is 0. The molecule has 5 nitrogen and oxygen atoms in total. The Hall–Kier alpha value is -2.30. The second kappa shape index (κ2) is 9.11. The van der Waals surface area contributed by atoms with Gasteiger partial charge in [-0.2, -0.15) is 0 Å². The van der Waals surface area contributed by atoms with Gasteiger partial charge in [-0.15, -0.1) is 6.58 Å². The number of benzene rings is 1. The molecule has 1 fully saturated rings. The van der Waals surface area contributed by atoms with E-state index >= 15 is 0 Å². The number of hydrogen-bond donors (Lipinski definition) is 2. The Morgan fingerprint density at radius 2 is 1.88 bits per heavy atom. The van der Waals surface area contributed by atoms with Crippen molar-refractivity contribution in [3.05, 3.63) is 48.0 Å². The minimum atomic E-state index is -0.0725. The highest BCUT2D eigenvalue weighted by Gasteiger charge is 2.22. The molecule has 0 aliphatic carbocycles. The Labute approximate surface area is 144 Å². The summed E-state index contributed by atoms with van der Waals surface area (Å²) in [6, 6.07) is 7.85. The van der Waals surface area contributed by atoms with Gasteiger partial charge in [0.15, 0.2) is 0 Å². The molecule has 3 amide bonds. The zero-order valence-corrected chi connectivity index (χ0v) is 14.4. The van der Waals surface area contributed by atoms with E-state index in [4.69, 9.17) is 0 Å². The van der Waals surface area contributed by atoms with Crippen molar-refractivity contribution in [2.45, 2.75) is 26.2 Å². The summed E-state index contributed by atoms with van der Waals surface area (Å²) in [5, 5.41) is 5.63. The van der Waals surface area contributed by atoms with Crippen LogP contribution in [0.3, 0.4) is 0 Å². The summed E-state index contributed by atoms with van der Waals surface area (Å²) in [5.74, 6) is 0.521. The Balaban J connectivity index is 1.81. The number of nitrogens with one attached hydrogen (secondary N) is 2. The highest BCUT2D eigenvalue weighted by molar-refractivity contribution is 5.94. The lowest BCUT2D eigenvalue weighted by atomic mass is 9.90. The van der Waals surface area contributed by atoms with Gasteiger partial charge in [-0.05, 0) is 49.8 Å². The standard InChI is InChI=1S/C19H27N3O2/c1-3-11-21-18(23)17-7-5-15(6-8-17)14-16-9-12-22(13-10-16)19(24)20-4-2/h3,5-8,16H,1,4,9-14H2,2H3,(H,20,24)(H,21,23). The van der Waals surface area contributed by atoms with Crippen LogP contribution >= 0.6 is 0 Å². The number of nitrogens with zero attached hydrogens (tertiary/aromatic N) is 1. The minimum Gasteiger partial charge on any atom is -0.349 e. The van der Waals surface area contributed by atoms with Crippen molar-refractivity contribution < 1.29 is 9.59 Å². The van der Waals surface area contributed by atoms with Crippen molar-refractivity contribution in [1.29, 1.82) is 0 Å². The molecule has 1 aromatic carbocycles. The molecule has 0 radical (unpaired) electrons. The maximum Gasteiger partial charge on any atom is 0.317 e. The number of carbonyl (C=O) groups excluding carboxylic acids is 2. The van der Waals surface area contributed by atoms with Crippen LogP contribution in [0, 0.1) is 5.92 Å². The van der Waals surface area contributed by atoms with Crippen LogP contribution in [0.15, 0.2) is 36.9 Å². The number of amides is 3. The van der Waals surface area contributed by atoms with Gasteiger partial charge in [0.1, 0.15) is 0 Å². The highest BCUT2D eigenvalue weighted by Crippen LogP contribution is 2.22. The quantitative estimate of drug-likeness (QED) is 0.788. The van der Waals surface area contributed by atoms with Gasteiger partial charge < -0.3 is 15.5 Å². The summed E-state index contributed by atoms with van der Waals surface area (Å²) >= 11 is 0. The Morgan fingerprint density at radius 1 is 1.21 bits per heavy atom. The largest absolute Gasteiger partial charge is 0.349 e. The van der Waals surface area contributed by atoms with Crippen molar-refractivity contribution >= 4 is 11.9 Å². The molecule has 0 bridgehead atoms. The first-order valence-corrected chi connectivity index (χ1v) is 8.64. The van der Waals surface area contributed by atoms with E-state index in [1.807, 2.05) is 36.1 Å². The van der Waals surface area contributed by atoms with Gasteiger partial charge in [-0.25, -0.2) is 4.79 Å². The second-order valence-electron chi connectivity index (χ2n) is 6.17. The van der Waals surface area contributed by atoms with Gasteiger partial charge in [-0.3, -0.25) is 4.79 Å². The Bertz CT molecular complexity index is 560. The van der Waals surface area contributed by atoms with E-state index in [0.717, 1.165) is 32.4 Å². The highest BCUT2D eigenvalue weighted by atomic mass is 16.2. The number of hydrogen-bond acceptors (Lipinski definition) is 2. The lowest BCUT2D eigenvalue weighted by Gasteiger charge is -2.32. The van der Waals surface area contributed by atoms with Crippen LogP contribution in [0.25, 0.3) is 0 Å². The maximum absolute atomic E-state index is 11.9. The molecule has 0 atom stereocenters. The fourth-order valence-corrected chi connectivity index (χ4v) is 3.00. The van der Waals surface area contributed by atoms with Crippen LogP contribution in [0.4, 0.5) is 4.79 Å². The minimum absolute atomic E-state index is 0.0471. The van der Waals surface area contributed by atoms with Crippen LogP contribution in [-0.4, -0.2) is 43.0 Å². The molecule has 0 saturated carbocycles. The molecule has 1 aromatic rings. The van der Waals surface area contributed by atoms with Crippen molar-refractivity contribution in [2.24, 2.45) is 5.92 Å². The van der Waals surface area contributed by atoms with E-state index in [0.29, 0.717) is 24.6 Å². The summed E-state index contributed by atoms with van der Waals surface area (Å²) in [4.78, 5) is 25.6. The van der Waals surface area contributed by atoms with Crippen LogP contribution in [0.2, 0.25) is 0 Å². The van der Waals surface area contributed by atoms with Crippen LogP contribution in [0.1, 0.15) is 35.7 Å². The number of carbonyl (C=O) groups is 2. The first kappa shape index (κ1) is 18.0. The van der Waals surface area contributed by atoms with E-state index in [9.17, 15) is 9.59 Å². The maximum atomic E-state index is 11.9. The lowest BCUT2D eigenvalue weighted by Crippen LogP contribution is -2.44. The summed E-state index contributed by atoms with van der Waals surface area (Å²) in [6.07, 6.45) is 4.72. The van der Waals surface area contributed by atoms with Gasteiger partial charge >= 0.3 is 6.03 Å². The molecule has 2 rings (SSSR count). The average Bonchev–Trinajstić information content (AvgIpc) is 2.61. The molecule has 1 aliphatic heterocycles. The van der Waals surface area contributed by atoms with Crippen LogP contribution in [0.5, 0.6) is 0 Å². The zero-order chi connectivity index (χ0) is 17.4. The van der Waals surface area contributed by atoms with E-state index in [2.05, 4.69) is 17.2 Å². The molecule has 1 heterocycles. The first-order valence-electron chi connectivity index (χ1n) is 8.64. The van der Waals surface area contributed by atoms with Gasteiger partial charge in [0.25, 0.3) is 5.91 Å². The molecular weight excluding hydrogens is 302 g/mol. The second-order valence-corrected chi connectivity index (χ2v) is 6.17. The number of urea groups is 1. The third-order valence-electron chi connectivity index (χ3n) is 4.38. The molecule has 5 heteroatoms. The topological polar surface area (TPSA) is 61.4 Å². The average molecular weight is 329 g/mol. The number of piperidine rings is 1. The molecule has 1 aliphatic rings. The van der Waals surface area contributed by atoms with E-state index in [-0.39, 0.29) is 11.9 Å². The summed E-state index contributed by atoms with van der Waals surface area (Å²) in [6.45, 7) is 8.31. The summed E-state index contributed by atoms with van der Waals surface area (Å²) in [7, 11) is 0. The fourth-order valence-electron chi connectivity index (χ4n) is 3.00. The van der Waals surface area contributed by atoms with Crippen molar-refractivity contribution in [1.82, 2.24) is 15.5 Å². The fraction of sp³-hybridized carbons (Fsp3) is 0.474. The van der Waals surface area contributed by atoms with Gasteiger partial charge in [-0.1, -0.05) is 18.2 Å². The van der Waals surface area contributed by atoms with Crippen molar-refractivity contribution in [2.75, 3.05) is 26.2 Å². The third kappa shape index (κ3) is 5.11. The molecule has 130 valence electrons. The smallest absolute Gasteiger partial charge is 0.317 e. The van der Waals surface area contributed by atoms with Crippen molar-refractivity contribution in [3.63, 3.8) is 0 Å². The number of rotatable bonds is 6. The molecule has 0 aromatic heterocycles. The molecule has 24 heavy (non-hydrogen) atoms. The van der Waals surface area contributed by atoms with Gasteiger partial charge in [0.2, 0.25) is 0 Å². The van der Waals surface area contributed by atoms with E-state index < -0.39 is 0 Å². The molecular formula is C19H27N3O2. The first-order chi connectivity index (χ1) is 11.6. The molecule has 1 saturated heterocycles. The lowest BCUT2D eigenvalue weighted by molar-refractivity contribution is 0.0958. The zero-order valence-electron chi connectivity index (χ0n) is 14.4. The van der Waals surface area contributed by atoms with Gasteiger partial charge in [0.05, 0.1) is 0 Å². The molecule has 0 unspecified atom stereocenters. The predicted molar refractivity (Wildman–Crippen MR) is 96.0 cm³/mol.